The highest BCUT2D eigenvalue weighted by Gasteiger charge is 2.18. The second kappa shape index (κ2) is 4.07. The molecule has 0 amide bonds. The van der Waals surface area contributed by atoms with E-state index in [1.165, 1.54) is 16.7 Å². The third kappa shape index (κ3) is 1.77. The predicted octanol–water partition coefficient (Wildman–Crippen LogP) is 2.23. The molecule has 1 aliphatic rings. The minimum absolute atomic E-state index is 0.460. The Kier molecular flexibility index (Phi) is 2.78. The molecule has 2 rings (SSSR count). The largest absolute Gasteiger partial charge is 0.496 e. The number of benzene rings is 1. The number of rotatable bonds is 3. The monoisotopic (exact) mass is 203 g/mol. The fourth-order valence-electron chi connectivity index (χ4n) is 2.01. The number of nitrogens with two attached hydrogens (primary N) is 1. The number of ether oxygens (including phenoxy) is 1. The van der Waals surface area contributed by atoms with Gasteiger partial charge in [0.05, 0.1) is 7.11 Å². The molecule has 2 nitrogen and oxygen atoms in total. The SMILES string of the molecule is COc1cccc2c1C=C(C(C)CN)C2. The summed E-state index contributed by atoms with van der Waals surface area (Å²) in [5.74, 6) is 1.42. The highest BCUT2D eigenvalue weighted by atomic mass is 16.5. The van der Waals surface area contributed by atoms with Crippen molar-refractivity contribution in [1.82, 2.24) is 0 Å². The molecular formula is C13H17NO. The van der Waals surface area contributed by atoms with Crippen molar-refractivity contribution in [3.63, 3.8) is 0 Å². The fourth-order valence-corrected chi connectivity index (χ4v) is 2.01. The Morgan fingerprint density at radius 1 is 1.47 bits per heavy atom. The van der Waals surface area contributed by atoms with Crippen LogP contribution in [0.4, 0.5) is 0 Å². The Balaban J connectivity index is 2.35. The summed E-state index contributed by atoms with van der Waals surface area (Å²) < 4.78 is 5.34. The van der Waals surface area contributed by atoms with Crippen LogP contribution in [0.25, 0.3) is 6.08 Å². The van der Waals surface area contributed by atoms with Crippen LogP contribution in [0.2, 0.25) is 0 Å². The van der Waals surface area contributed by atoms with Crippen molar-refractivity contribution in [1.29, 1.82) is 0 Å². The topological polar surface area (TPSA) is 35.2 Å². The van der Waals surface area contributed by atoms with Gasteiger partial charge in [-0.05, 0) is 30.5 Å². The predicted molar refractivity (Wildman–Crippen MR) is 62.9 cm³/mol. The van der Waals surface area contributed by atoms with Crippen LogP contribution in [0.5, 0.6) is 5.75 Å². The molecule has 1 aromatic rings. The Morgan fingerprint density at radius 2 is 2.27 bits per heavy atom. The van der Waals surface area contributed by atoms with Crippen LogP contribution >= 0.6 is 0 Å². The maximum atomic E-state index is 5.69. The Labute approximate surface area is 90.7 Å². The van der Waals surface area contributed by atoms with Gasteiger partial charge >= 0.3 is 0 Å². The molecule has 0 spiro atoms. The van der Waals surface area contributed by atoms with Gasteiger partial charge in [0, 0.05) is 5.56 Å². The first-order valence-corrected chi connectivity index (χ1v) is 5.32. The minimum atomic E-state index is 0.460. The molecule has 0 saturated carbocycles. The second-order valence-electron chi connectivity index (χ2n) is 4.07. The molecule has 1 aliphatic carbocycles. The Bertz CT molecular complexity index is 396. The lowest BCUT2D eigenvalue weighted by atomic mass is 10.00. The molecule has 2 N–H and O–H groups in total. The van der Waals surface area contributed by atoms with Gasteiger partial charge in [-0.15, -0.1) is 0 Å². The highest BCUT2D eigenvalue weighted by molar-refractivity contribution is 5.69. The smallest absolute Gasteiger partial charge is 0.126 e. The van der Waals surface area contributed by atoms with E-state index in [4.69, 9.17) is 10.5 Å². The van der Waals surface area contributed by atoms with Crippen molar-refractivity contribution < 1.29 is 4.74 Å². The van der Waals surface area contributed by atoms with E-state index in [9.17, 15) is 0 Å². The summed E-state index contributed by atoms with van der Waals surface area (Å²) in [6.45, 7) is 2.88. The van der Waals surface area contributed by atoms with Crippen LogP contribution in [0, 0.1) is 5.92 Å². The number of methoxy groups -OCH3 is 1. The summed E-state index contributed by atoms with van der Waals surface area (Å²) in [7, 11) is 1.72. The van der Waals surface area contributed by atoms with Gasteiger partial charge in [-0.25, -0.2) is 0 Å². The average Bonchev–Trinajstić information content (AvgIpc) is 2.71. The molecule has 15 heavy (non-hydrogen) atoms. The van der Waals surface area contributed by atoms with Gasteiger partial charge in [-0.3, -0.25) is 0 Å². The van der Waals surface area contributed by atoms with Crippen molar-refractivity contribution in [2.75, 3.05) is 13.7 Å². The van der Waals surface area contributed by atoms with Gasteiger partial charge in [0.2, 0.25) is 0 Å². The molecule has 1 atom stereocenters. The standard InChI is InChI=1S/C13H17NO/c1-9(8-14)11-6-10-4-3-5-13(15-2)12(10)7-11/h3-5,7,9H,6,8,14H2,1-2H3. The van der Waals surface area contributed by atoms with Gasteiger partial charge in [0.15, 0.2) is 0 Å². The van der Waals surface area contributed by atoms with E-state index in [-0.39, 0.29) is 0 Å². The van der Waals surface area contributed by atoms with Crippen LogP contribution in [-0.2, 0) is 6.42 Å². The lowest BCUT2D eigenvalue weighted by Crippen LogP contribution is -2.12. The number of fused-ring (bicyclic) bond motifs is 1. The molecule has 0 fully saturated rings. The Hall–Kier alpha value is -1.28. The summed E-state index contributed by atoms with van der Waals surface area (Å²) >= 11 is 0. The summed E-state index contributed by atoms with van der Waals surface area (Å²) in [5.41, 5.74) is 9.68. The van der Waals surface area contributed by atoms with Crippen molar-refractivity contribution in [3.05, 3.63) is 34.9 Å². The third-order valence-electron chi connectivity index (χ3n) is 3.09. The third-order valence-corrected chi connectivity index (χ3v) is 3.09. The fraction of sp³-hybridized carbons (Fsp3) is 0.385. The molecule has 0 radical (unpaired) electrons. The number of hydrogen-bond acceptors (Lipinski definition) is 2. The van der Waals surface area contributed by atoms with Gasteiger partial charge in [0.1, 0.15) is 5.75 Å². The molecule has 0 aromatic heterocycles. The Morgan fingerprint density at radius 3 is 2.93 bits per heavy atom. The van der Waals surface area contributed by atoms with E-state index in [2.05, 4.69) is 19.1 Å². The molecule has 80 valence electrons. The van der Waals surface area contributed by atoms with Crippen LogP contribution < -0.4 is 10.5 Å². The van der Waals surface area contributed by atoms with Crippen molar-refractivity contribution in [2.45, 2.75) is 13.3 Å². The van der Waals surface area contributed by atoms with Crippen LogP contribution in [-0.4, -0.2) is 13.7 Å². The quantitative estimate of drug-likeness (QED) is 0.817. The molecular weight excluding hydrogens is 186 g/mol. The molecule has 1 unspecified atom stereocenters. The van der Waals surface area contributed by atoms with Crippen LogP contribution in [0.1, 0.15) is 18.1 Å². The molecule has 0 saturated heterocycles. The first kappa shape index (κ1) is 10.2. The van der Waals surface area contributed by atoms with E-state index < -0.39 is 0 Å². The molecule has 0 heterocycles. The highest BCUT2D eigenvalue weighted by Crippen LogP contribution is 2.34. The van der Waals surface area contributed by atoms with Crippen molar-refractivity contribution in [2.24, 2.45) is 11.7 Å². The molecule has 1 aromatic carbocycles. The number of hydrogen-bond donors (Lipinski definition) is 1. The minimum Gasteiger partial charge on any atom is -0.496 e. The zero-order valence-electron chi connectivity index (χ0n) is 9.29. The van der Waals surface area contributed by atoms with E-state index in [0.29, 0.717) is 12.5 Å². The van der Waals surface area contributed by atoms with Gasteiger partial charge in [-0.1, -0.05) is 30.7 Å². The maximum absolute atomic E-state index is 5.69. The van der Waals surface area contributed by atoms with Crippen LogP contribution in [0.3, 0.4) is 0 Å². The van der Waals surface area contributed by atoms with Crippen LogP contribution in [0.15, 0.2) is 23.8 Å². The zero-order valence-corrected chi connectivity index (χ0v) is 9.29. The first-order valence-electron chi connectivity index (χ1n) is 5.32. The van der Waals surface area contributed by atoms with E-state index in [1.54, 1.807) is 7.11 Å². The van der Waals surface area contributed by atoms with E-state index in [1.807, 2.05) is 12.1 Å². The lowest BCUT2D eigenvalue weighted by molar-refractivity contribution is 0.413. The average molecular weight is 203 g/mol. The summed E-state index contributed by atoms with van der Waals surface area (Å²) in [5, 5.41) is 0. The summed E-state index contributed by atoms with van der Waals surface area (Å²) in [6.07, 6.45) is 3.25. The van der Waals surface area contributed by atoms with E-state index in [0.717, 1.165) is 12.2 Å². The van der Waals surface area contributed by atoms with E-state index >= 15 is 0 Å². The second-order valence-corrected chi connectivity index (χ2v) is 4.07. The van der Waals surface area contributed by atoms with Gasteiger partial charge < -0.3 is 10.5 Å². The summed E-state index contributed by atoms with van der Waals surface area (Å²) in [4.78, 5) is 0. The molecule has 0 aliphatic heterocycles. The molecule has 2 heteroatoms. The zero-order chi connectivity index (χ0) is 10.8. The molecule has 0 bridgehead atoms. The maximum Gasteiger partial charge on any atom is 0.126 e. The van der Waals surface area contributed by atoms with Gasteiger partial charge in [0.25, 0.3) is 0 Å². The first-order chi connectivity index (χ1) is 7.26. The van der Waals surface area contributed by atoms with Crippen molar-refractivity contribution in [3.8, 4) is 5.75 Å². The lowest BCUT2D eigenvalue weighted by Gasteiger charge is -2.08. The van der Waals surface area contributed by atoms with Crippen molar-refractivity contribution >= 4 is 6.08 Å². The summed E-state index contributed by atoms with van der Waals surface area (Å²) in [6, 6.07) is 6.21. The normalized spacial score (nSPS) is 15.8. The van der Waals surface area contributed by atoms with Gasteiger partial charge in [-0.2, -0.15) is 0 Å².